The minimum absolute atomic E-state index is 0.0725. The summed E-state index contributed by atoms with van der Waals surface area (Å²) in [6, 6.07) is 6.12. The number of benzene rings is 1. The molecule has 6 heteroatoms. The van der Waals surface area contributed by atoms with Gasteiger partial charge in [-0.3, -0.25) is 14.3 Å². The van der Waals surface area contributed by atoms with Crippen molar-refractivity contribution in [1.82, 2.24) is 0 Å². The largest absolute Gasteiger partial charge is 0.327 e. The Hall–Kier alpha value is -1.27. The molecule has 0 amide bonds. The molecule has 4 atom stereocenters. The van der Waals surface area contributed by atoms with Crippen LogP contribution < -0.4 is 5.73 Å². The van der Waals surface area contributed by atoms with E-state index in [1.807, 2.05) is 0 Å². The third kappa shape index (κ3) is 3.07. The molecule has 0 saturated heterocycles. The monoisotopic (exact) mass is 296 g/mol. The van der Waals surface area contributed by atoms with Crippen LogP contribution in [0.5, 0.6) is 0 Å². The first-order valence-corrected chi connectivity index (χ1v) is 8.15. The number of nitro groups is 1. The molecule has 0 radical (unpaired) electrons. The van der Waals surface area contributed by atoms with Gasteiger partial charge in [-0.2, -0.15) is 0 Å². The fourth-order valence-electron chi connectivity index (χ4n) is 2.79. The van der Waals surface area contributed by atoms with Gasteiger partial charge in [0.15, 0.2) is 0 Å². The lowest BCUT2D eigenvalue weighted by Gasteiger charge is -2.32. The second-order valence-corrected chi connectivity index (χ2v) is 6.95. The van der Waals surface area contributed by atoms with Crippen molar-refractivity contribution >= 4 is 16.5 Å². The molecule has 1 aromatic rings. The fourth-order valence-corrected chi connectivity index (χ4v) is 4.58. The van der Waals surface area contributed by atoms with E-state index in [9.17, 15) is 14.3 Å². The van der Waals surface area contributed by atoms with Crippen molar-refractivity contribution in [2.45, 2.75) is 48.8 Å². The molecule has 1 fully saturated rings. The second-order valence-electron chi connectivity index (χ2n) is 5.31. The summed E-state index contributed by atoms with van der Waals surface area (Å²) in [5.41, 5.74) is 6.02. The van der Waals surface area contributed by atoms with E-state index in [2.05, 4.69) is 6.92 Å². The van der Waals surface area contributed by atoms with E-state index in [1.165, 1.54) is 6.07 Å². The molecule has 1 aliphatic carbocycles. The predicted octanol–water partition coefficient (Wildman–Crippen LogP) is 2.61. The van der Waals surface area contributed by atoms with E-state index in [-0.39, 0.29) is 17.0 Å². The molecule has 1 aromatic carbocycles. The molecular weight excluding hydrogens is 276 g/mol. The first-order chi connectivity index (χ1) is 9.54. The zero-order valence-electron chi connectivity index (χ0n) is 11.5. The van der Waals surface area contributed by atoms with Crippen molar-refractivity contribution in [3.05, 3.63) is 34.4 Å². The van der Waals surface area contributed by atoms with Crippen LogP contribution in [0.2, 0.25) is 0 Å². The standard InChI is InChI=1S/C14H20N2O3S/c1-2-10-7-8-11(15)14(9-10)20(19)13-6-4-3-5-12(13)16(17)18/h3-6,10-11,14H,2,7-9,15H2,1H3. The minimum atomic E-state index is -1.42. The van der Waals surface area contributed by atoms with E-state index in [0.29, 0.717) is 10.8 Å². The predicted molar refractivity (Wildman–Crippen MR) is 78.9 cm³/mol. The highest BCUT2D eigenvalue weighted by Gasteiger charge is 2.34. The molecule has 4 unspecified atom stereocenters. The molecule has 0 heterocycles. The zero-order chi connectivity index (χ0) is 14.7. The van der Waals surface area contributed by atoms with Gasteiger partial charge in [0.25, 0.3) is 5.69 Å². The second kappa shape index (κ2) is 6.45. The van der Waals surface area contributed by atoms with Crippen LogP contribution in [0.25, 0.3) is 0 Å². The Kier molecular flexibility index (Phi) is 4.88. The van der Waals surface area contributed by atoms with E-state index in [4.69, 9.17) is 5.73 Å². The summed E-state index contributed by atoms with van der Waals surface area (Å²) in [6.07, 6.45) is 3.73. The van der Waals surface area contributed by atoms with Crippen molar-refractivity contribution < 1.29 is 9.13 Å². The molecule has 5 nitrogen and oxygen atoms in total. The van der Waals surface area contributed by atoms with Gasteiger partial charge in [0.2, 0.25) is 0 Å². The number of rotatable bonds is 4. The smallest absolute Gasteiger partial charge is 0.285 e. The topological polar surface area (TPSA) is 86.2 Å². The number of para-hydroxylation sites is 1. The van der Waals surface area contributed by atoms with Gasteiger partial charge in [-0.1, -0.05) is 25.5 Å². The Labute approximate surface area is 121 Å². The highest BCUT2D eigenvalue weighted by atomic mass is 32.2. The molecule has 0 bridgehead atoms. The third-order valence-corrected chi connectivity index (χ3v) is 5.95. The summed E-state index contributed by atoms with van der Waals surface area (Å²) in [6.45, 7) is 2.12. The van der Waals surface area contributed by atoms with Crippen LogP contribution in [-0.2, 0) is 10.8 Å². The highest BCUT2D eigenvalue weighted by molar-refractivity contribution is 7.86. The molecule has 2 N–H and O–H groups in total. The Morgan fingerprint density at radius 1 is 1.40 bits per heavy atom. The zero-order valence-corrected chi connectivity index (χ0v) is 12.3. The van der Waals surface area contributed by atoms with Gasteiger partial charge in [-0.15, -0.1) is 0 Å². The van der Waals surface area contributed by atoms with Crippen LogP contribution in [0.15, 0.2) is 29.2 Å². The van der Waals surface area contributed by atoms with Crippen molar-refractivity contribution in [3.8, 4) is 0 Å². The fraction of sp³-hybridized carbons (Fsp3) is 0.571. The summed E-state index contributed by atoms with van der Waals surface area (Å²) >= 11 is 0. The number of hydrogen-bond acceptors (Lipinski definition) is 4. The summed E-state index contributed by atoms with van der Waals surface area (Å²) in [7, 11) is -1.42. The van der Waals surface area contributed by atoms with Gasteiger partial charge in [-0.05, 0) is 31.2 Å². The molecule has 2 rings (SSSR count). The van der Waals surface area contributed by atoms with Crippen LogP contribution in [0.4, 0.5) is 5.69 Å². The molecule has 1 aliphatic rings. The van der Waals surface area contributed by atoms with Gasteiger partial charge in [-0.25, -0.2) is 0 Å². The van der Waals surface area contributed by atoms with Crippen LogP contribution >= 0.6 is 0 Å². The Morgan fingerprint density at radius 2 is 2.10 bits per heavy atom. The highest BCUT2D eigenvalue weighted by Crippen LogP contribution is 2.33. The summed E-state index contributed by atoms with van der Waals surface area (Å²) in [4.78, 5) is 10.9. The molecule has 110 valence electrons. The van der Waals surface area contributed by atoms with E-state index in [1.54, 1.807) is 18.2 Å². The van der Waals surface area contributed by atoms with Gasteiger partial charge < -0.3 is 5.73 Å². The van der Waals surface area contributed by atoms with Crippen LogP contribution in [-0.4, -0.2) is 20.4 Å². The number of nitrogens with zero attached hydrogens (tertiary/aromatic N) is 1. The Balaban J connectivity index is 2.28. The van der Waals surface area contributed by atoms with Crippen LogP contribution in [0.1, 0.15) is 32.6 Å². The summed E-state index contributed by atoms with van der Waals surface area (Å²) < 4.78 is 12.7. The lowest BCUT2D eigenvalue weighted by Crippen LogP contribution is -2.43. The Morgan fingerprint density at radius 3 is 2.75 bits per heavy atom. The third-order valence-electron chi connectivity index (χ3n) is 4.08. The van der Waals surface area contributed by atoms with Crippen LogP contribution in [0.3, 0.4) is 0 Å². The van der Waals surface area contributed by atoms with Gasteiger partial charge in [0, 0.05) is 12.1 Å². The SMILES string of the molecule is CCC1CCC(N)C(S(=O)c2ccccc2[N+](=O)[O-])C1. The van der Waals surface area contributed by atoms with E-state index < -0.39 is 15.7 Å². The summed E-state index contributed by atoms with van der Waals surface area (Å²) in [5.74, 6) is 0.520. The molecule has 0 aromatic heterocycles. The van der Waals surface area contributed by atoms with E-state index >= 15 is 0 Å². The normalized spacial score (nSPS) is 28.0. The van der Waals surface area contributed by atoms with Crippen molar-refractivity contribution in [1.29, 1.82) is 0 Å². The molecule has 20 heavy (non-hydrogen) atoms. The first kappa shape index (κ1) is 15.1. The average Bonchev–Trinajstić information content (AvgIpc) is 2.47. The quantitative estimate of drug-likeness (QED) is 0.683. The minimum Gasteiger partial charge on any atom is -0.327 e. The molecule has 1 saturated carbocycles. The molecule has 0 spiro atoms. The lowest BCUT2D eigenvalue weighted by atomic mass is 9.84. The number of nitrogens with two attached hydrogens (primary N) is 1. The van der Waals surface area contributed by atoms with Crippen molar-refractivity contribution in [2.75, 3.05) is 0 Å². The van der Waals surface area contributed by atoms with Gasteiger partial charge in [0.1, 0.15) is 4.90 Å². The molecule has 0 aliphatic heterocycles. The van der Waals surface area contributed by atoms with Gasteiger partial charge >= 0.3 is 0 Å². The number of nitro benzene ring substituents is 1. The number of hydrogen-bond donors (Lipinski definition) is 1. The average molecular weight is 296 g/mol. The summed E-state index contributed by atoms with van der Waals surface area (Å²) in [5, 5.41) is 10.9. The van der Waals surface area contributed by atoms with Crippen LogP contribution in [0, 0.1) is 16.0 Å². The maximum Gasteiger partial charge on any atom is 0.285 e. The first-order valence-electron chi connectivity index (χ1n) is 6.94. The van der Waals surface area contributed by atoms with Crippen molar-refractivity contribution in [3.63, 3.8) is 0 Å². The van der Waals surface area contributed by atoms with Gasteiger partial charge in [0.05, 0.1) is 21.0 Å². The molecular formula is C14H20N2O3S. The maximum atomic E-state index is 12.7. The lowest BCUT2D eigenvalue weighted by molar-refractivity contribution is -0.387. The van der Waals surface area contributed by atoms with Crippen molar-refractivity contribution in [2.24, 2.45) is 11.7 Å². The Bertz CT molecular complexity index is 521. The van der Waals surface area contributed by atoms with E-state index in [0.717, 1.165) is 25.7 Å². The maximum absolute atomic E-state index is 12.7.